The number of hydrogen-bond acceptors (Lipinski definition) is 0. The van der Waals surface area contributed by atoms with E-state index in [-0.39, 0.29) is 44.5 Å². The summed E-state index contributed by atoms with van der Waals surface area (Å²) in [5.74, 6) is 0. The highest BCUT2D eigenvalue weighted by Crippen LogP contribution is 2.41. The molecule has 0 aliphatic rings. The number of benzene rings is 10. The Labute approximate surface area is 868 Å². The van der Waals surface area contributed by atoms with Crippen LogP contribution in [0.3, 0.4) is 0 Å². The van der Waals surface area contributed by atoms with Crippen LogP contribution < -0.4 is 22.8 Å². The van der Waals surface area contributed by atoms with E-state index in [1.807, 2.05) is 200 Å². The smallest absolute Gasteiger partial charge is 0.201 e. The highest BCUT2D eigenvalue weighted by atomic mass is 14.9. The molecular weight excluding hydrogens is 1630 g/mol. The topological polar surface area (TPSA) is 19.4 Å². The SMILES string of the molecule is [2H]C([2H])([2H])c1c[n+](C)c(-c2cc(-c3ccc(C([2H])([2H])CC)cc3)c(C([2H])([2H])[2H])cc2C)cc1C.[2H]C([2H])([2H])c1c[n+](C)c(-c2cc(-c3cccc(C([2H])([2H])C(C)(C)C)c3)c(C([2H])([2H])[2H])cc2C)cc1C.[2H]C([2H])([2H])c1c[n+](C)c(-c2cc(-c3cccc(C([2H])([2H])CC)c3)c(C([2H])([2H])[2H])cc2C)cc1C.[2H]C([2H])([2H])c1c[n+](C)c(-c2cc(-c3ccccc3C([2H])([2H])C(C)(C)C)c(C([2H])([2H])[2H])cc2C)cc1C.[2H]C([2H])([2H])c1c[n+](C)c(-c2cc(-c3ccccc3C([2H])([2H])C(C)(C)C)ccc2C)cc1C. The Kier molecular flexibility index (Phi) is 20.7. The van der Waals surface area contributed by atoms with Crippen LogP contribution in [-0.4, -0.2) is 0 Å². The number of aryl methyl sites for hydroxylation is 26. The van der Waals surface area contributed by atoms with Crippen LogP contribution in [0.1, 0.15) is 273 Å². The number of nitrogens with zero attached hydrogens (tertiary/aromatic N) is 5. The molecule has 135 heavy (non-hydrogen) atoms. The fourth-order valence-electron chi connectivity index (χ4n) is 16.7. The van der Waals surface area contributed by atoms with E-state index in [2.05, 4.69) is 6.07 Å². The Morgan fingerprint density at radius 3 is 0.859 bits per heavy atom. The standard InChI is InChI=1S/2C27H34N.C26H32N.2C25H30N/c1-18-13-26(28(8)17-21(18)4)25-15-24(19(2)12-20(25)3)23-11-9-10-22(14-23)16-27(5,6)7;1-18-14-26(28(8)17-21(18)4)25-15-24(19(2)13-20(25)3)23-12-10-9-11-22(23)16-27(5,6)7;1-18-12-13-21(23-11-9-8-10-22(23)16-26(4,5)6)15-24(18)25-14-19(2)20(3)17-27(25)7;1-7-9-21-10-8-11-22(14-21)23-15-24(19(4)12-18(23)3)25-13-17(2)20(5)16-26(25)6;1-7-8-21-9-11-22(12-10-21)23-15-24(19(4)13-18(23)3)25-14-17(2)20(5)16-26(25)6/h2*9-15,17H,16H2,1-8H3;8-15,17H,16H2,1-7H3;8,10-16H,7,9H2,1-6H3;9-16H,7-8H2,1-6H3/q5*+1/i2*2D3,4D3,16D2;3D3,16D2;3D3,5D3,9D2;3D3,5D3,8D2. The molecule has 0 radical (unpaired) electrons. The zero-order chi connectivity index (χ0) is 130. The van der Waals surface area contributed by atoms with Crippen molar-refractivity contribution >= 4 is 0 Å². The highest BCUT2D eigenvalue weighted by molar-refractivity contribution is 5.82. The third-order valence-corrected chi connectivity index (χ3v) is 23.8. The lowest BCUT2D eigenvalue weighted by molar-refractivity contribution is -0.660. The van der Waals surface area contributed by atoms with Gasteiger partial charge in [0.1, 0.15) is 35.2 Å². The van der Waals surface area contributed by atoms with E-state index in [1.54, 1.807) is 246 Å². The Morgan fingerprint density at radius 2 is 0.504 bits per heavy atom. The molecule has 0 N–H and O–H groups in total. The Bertz CT molecular complexity index is 8430. The van der Waals surface area contributed by atoms with Crippen molar-refractivity contribution in [2.75, 3.05) is 0 Å². The van der Waals surface area contributed by atoms with Crippen molar-refractivity contribution in [2.24, 2.45) is 51.5 Å². The molecule has 5 nitrogen and oxygen atoms in total. The first-order valence-electron chi connectivity index (χ1n) is 64.6. The van der Waals surface area contributed by atoms with Crippen molar-refractivity contribution in [3.63, 3.8) is 0 Å². The third-order valence-electron chi connectivity index (χ3n) is 23.8. The van der Waals surface area contributed by atoms with Gasteiger partial charge in [-0.1, -0.05) is 247 Å². The number of rotatable bonds is 17. The second kappa shape index (κ2) is 44.2. The zero-order valence-electron chi connectivity index (χ0n) is 121. The Balaban J connectivity index is 0.000000201. The largest absolute Gasteiger partial charge is 0.212 e. The van der Waals surface area contributed by atoms with Crippen molar-refractivity contribution < 1.29 is 73.6 Å². The van der Waals surface area contributed by atoms with Gasteiger partial charge in [0.25, 0.3) is 0 Å². The van der Waals surface area contributed by atoms with Crippen molar-refractivity contribution in [1.82, 2.24) is 0 Å². The predicted molar refractivity (Wildman–Crippen MR) is 580 cm³/mol. The summed E-state index contributed by atoms with van der Waals surface area (Å²) in [6.45, 7) is 18.0. The summed E-state index contributed by atoms with van der Waals surface area (Å²) in [4.78, 5) is 0. The van der Waals surface area contributed by atoms with Crippen LogP contribution in [0.4, 0.5) is 0 Å². The van der Waals surface area contributed by atoms with Gasteiger partial charge in [-0.2, -0.15) is 0 Å². The van der Waals surface area contributed by atoms with Crippen LogP contribution in [0.25, 0.3) is 112 Å². The Morgan fingerprint density at radius 1 is 0.215 bits per heavy atom. The monoisotopic (exact) mass is 1830 g/mol. The average molecular weight is 1830 g/mol. The molecule has 0 aliphatic heterocycles. The molecule has 0 fully saturated rings. The third kappa shape index (κ3) is 26.4. The minimum Gasteiger partial charge on any atom is -0.201 e. The van der Waals surface area contributed by atoms with Gasteiger partial charge in [-0.05, 0) is 371 Å². The summed E-state index contributed by atoms with van der Waals surface area (Å²) >= 11 is 0. The van der Waals surface area contributed by atoms with E-state index >= 15 is 0 Å². The van der Waals surface area contributed by atoms with E-state index in [0.29, 0.717) is 113 Å². The van der Waals surface area contributed by atoms with Gasteiger partial charge in [-0.25, -0.2) is 22.8 Å². The van der Waals surface area contributed by atoms with Crippen molar-refractivity contribution in [3.8, 4) is 112 Å². The number of hydrogen-bond donors (Lipinski definition) is 0. The molecule has 0 atom stereocenters. The van der Waals surface area contributed by atoms with Crippen LogP contribution in [0.15, 0.2) is 249 Å². The van der Waals surface area contributed by atoms with Crippen LogP contribution in [0.5, 0.6) is 0 Å². The molecule has 15 rings (SSSR count). The first-order chi connectivity index (χ1) is 78.3. The molecule has 0 spiro atoms. The molecule has 0 saturated heterocycles. The minimum absolute atomic E-state index is 0.152. The maximum Gasteiger partial charge on any atom is 0.212 e. The highest BCUT2D eigenvalue weighted by Gasteiger charge is 2.26. The molecule has 0 aliphatic carbocycles. The molecule has 0 saturated carbocycles. The molecular formula is C130H160N5+5. The van der Waals surface area contributed by atoms with Crippen LogP contribution >= 0.6 is 0 Å². The summed E-state index contributed by atoms with van der Waals surface area (Å²) in [6, 6.07) is 64.9. The molecule has 0 unspecified atom stereocenters. The lowest BCUT2D eigenvalue weighted by Crippen LogP contribution is -2.31. The van der Waals surface area contributed by atoms with Crippen molar-refractivity contribution in [3.05, 3.63) is 383 Å². The van der Waals surface area contributed by atoms with E-state index in [0.717, 1.165) is 101 Å². The van der Waals surface area contributed by atoms with Gasteiger partial charge in [0.2, 0.25) is 28.5 Å². The second-order valence-electron chi connectivity index (χ2n) is 38.7. The van der Waals surface area contributed by atoms with Crippen LogP contribution in [0.2, 0.25) is 0 Å². The molecule has 5 heteroatoms. The fraction of sp³-hybridized carbons (Fsp3) is 0.346. The predicted octanol–water partition coefficient (Wildman–Crippen LogP) is 31.8. The van der Waals surface area contributed by atoms with Gasteiger partial charge in [0.15, 0.2) is 31.0 Å². The summed E-state index contributed by atoms with van der Waals surface area (Å²) in [7, 11) is 8.97. The number of aromatic nitrogens is 5. The maximum absolute atomic E-state index is 8.91. The summed E-state index contributed by atoms with van der Waals surface area (Å²) in [6.07, 6.45) is 0.866. The first-order valence-corrected chi connectivity index (χ1v) is 46.1. The van der Waals surface area contributed by atoms with Gasteiger partial charge in [0, 0.05) is 137 Å². The molecule has 15 aromatic rings. The van der Waals surface area contributed by atoms with Gasteiger partial charge in [-0.3, -0.25) is 0 Å². The van der Waals surface area contributed by atoms with Gasteiger partial charge >= 0.3 is 0 Å². The molecule has 0 bridgehead atoms. The maximum atomic E-state index is 8.91. The minimum atomic E-state index is -2.41. The van der Waals surface area contributed by atoms with Crippen molar-refractivity contribution in [2.45, 2.75) is 252 Å². The quantitative estimate of drug-likeness (QED) is 0.0810. The lowest BCUT2D eigenvalue weighted by Gasteiger charge is -2.22. The molecule has 5 aromatic heterocycles. The second-order valence-corrected chi connectivity index (χ2v) is 38.7. The normalized spacial score (nSPS) is 16.9. The van der Waals surface area contributed by atoms with Crippen molar-refractivity contribution in [1.29, 1.82) is 0 Å². The zero-order valence-corrected chi connectivity index (χ0v) is 83.8. The first kappa shape index (κ1) is 63.3. The summed E-state index contributed by atoms with van der Waals surface area (Å²) in [5, 5.41) is 0. The van der Waals surface area contributed by atoms with Crippen LogP contribution in [0, 0.1) is 147 Å². The van der Waals surface area contributed by atoms with E-state index in [9.17, 15) is 0 Å². The molecule has 700 valence electrons. The van der Waals surface area contributed by atoms with E-state index in [4.69, 9.17) is 50.7 Å². The van der Waals surface area contributed by atoms with E-state index in [1.165, 1.54) is 0 Å². The summed E-state index contributed by atoms with van der Waals surface area (Å²) < 4.78 is 309. The number of pyridine rings is 5. The fourth-order valence-corrected chi connectivity index (χ4v) is 16.7. The van der Waals surface area contributed by atoms with Gasteiger partial charge in [-0.15, -0.1) is 0 Å². The van der Waals surface area contributed by atoms with Gasteiger partial charge < -0.3 is 0 Å². The van der Waals surface area contributed by atoms with Crippen LogP contribution in [-0.2, 0) is 67.1 Å². The summed E-state index contributed by atoms with van der Waals surface area (Å²) in [5.41, 5.74) is 24.5. The average Bonchev–Trinajstić information content (AvgIpc) is 0.659. The molecule has 0 amide bonds. The van der Waals surface area contributed by atoms with Gasteiger partial charge in [0.05, 0.1) is 0 Å². The lowest BCUT2D eigenvalue weighted by atomic mass is 9.83. The molecule has 10 aromatic carbocycles. The van der Waals surface area contributed by atoms with E-state index < -0.39 is 110 Å². The Hall–Kier alpha value is -12.1. The molecule has 5 heterocycles.